The third-order valence-corrected chi connectivity index (χ3v) is 4.13. The van der Waals surface area contributed by atoms with E-state index in [2.05, 4.69) is 10.2 Å². The van der Waals surface area contributed by atoms with Gasteiger partial charge in [0.1, 0.15) is 0 Å². The van der Waals surface area contributed by atoms with Crippen molar-refractivity contribution < 1.29 is 18.0 Å². The summed E-state index contributed by atoms with van der Waals surface area (Å²) in [4.78, 5) is 25.4. The van der Waals surface area contributed by atoms with Crippen LogP contribution in [0.5, 0.6) is 0 Å². The molecular weight excluding hydrogens is 322 g/mol. The fourth-order valence-corrected chi connectivity index (χ4v) is 2.82. The summed E-state index contributed by atoms with van der Waals surface area (Å²) in [6.45, 7) is 2.74. The summed E-state index contributed by atoms with van der Waals surface area (Å²) in [6, 6.07) is 2.88. The third-order valence-electron chi connectivity index (χ3n) is 4.13. The summed E-state index contributed by atoms with van der Waals surface area (Å²) in [5.41, 5.74) is 0.0300. The molecule has 0 spiro atoms. The molecule has 0 aromatic carbocycles. The molecule has 7 nitrogen and oxygen atoms in total. The average molecular weight is 338 g/mol. The zero-order valence-electron chi connectivity index (χ0n) is 13.0. The minimum Gasteiger partial charge on any atom is -0.415 e. The second kappa shape index (κ2) is 6.50. The van der Waals surface area contributed by atoms with Crippen LogP contribution in [0.3, 0.4) is 0 Å². The van der Waals surface area contributed by atoms with Crippen molar-refractivity contribution in [3.63, 3.8) is 0 Å². The molecule has 3 heterocycles. The first kappa shape index (κ1) is 16.3. The standard InChI is InChI=1S/C15H16F2N4O3/c1-9(22)20-5-3-11(4-6-20)21-7-2-10(8-12(21)23)14-18-19-15(24-14)13(16)17/h2,7-8,11,13H,3-6H2,1H3. The van der Waals surface area contributed by atoms with Crippen molar-refractivity contribution in [1.82, 2.24) is 19.7 Å². The number of amides is 1. The Balaban J connectivity index is 1.78. The van der Waals surface area contributed by atoms with E-state index >= 15 is 0 Å². The van der Waals surface area contributed by atoms with Gasteiger partial charge in [0, 0.05) is 43.9 Å². The quantitative estimate of drug-likeness (QED) is 0.855. The molecule has 0 bridgehead atoms. The van der Waals surface area contributed by atoms with Gasteiger partial charge in [0.25, 0.3) is 11.4 Å². The second-order valence-electron chi connectivity index (χ2n) is 5.64. The van der Waals surface area contributed by atoms with Crippen molar-refractivity contribution in [2.45, 2.75) is 32.2 Å². The van der Waals surface area contributed by atoms with Gasteiger partial charge in [-0.3, -0.25) is 9.59 Å². The molecule has 1 amide bonds. The molecular formula is C15H16F2N4O3. The lowest BCUT2D eigenvalue weighted by molar-refractivity contribution is -0.130. The highest BCUT2D eigenvalue weighted by atomic mass is 19.3. The molecule has 0 radical (unpaired) electrons. The first-order valence-electron chi connectivity index (χ1n) is 7.55. The minimum absolute atomic E-state index is 0.00135. The molecule has 2 aromatic heterocycles. The zero-order valence-corrected chi connectivity index (χ0v) is 13.0. The van der Waals surface area contributed by atoms with Crippen LogP contribution in [0.1, 0.15) is 38.1 Å². The number of pyridine rings is 1. The Kier molecular flexibility index (Phi) is 4.41. The van der Waals surface area contributed by atoms with Crippen molar-refractivity contribution in [3.8, 4) is 11.5 Å². The summed E-state index contributed by atoms with van der Waals surface area (Å²) in [5.74, 6) is -0.853. The van der Waals surface area contributed by atoms with Gasteiger partial charge in [-0.2, -0.15) is 8.78 Å². The molecule has 24 heavy (non-hydrogen) atoms. The lowest BCUT2D eigenvalue weighted by Crippen LogP contribution is -2.39. The molecule has 3 rings (SSSR count). The number of carbonyl (C=O) groups is 1. The van der Waals surface area contributed by atoms with Crippen molar-refractivity contribution >= 4 is 5.91 Å². The van der Waals surface area contributed by atoms with E-state index in [0.29, 0.717) is 31.5 Å². The molecule has 0 N–H and O–H groups in total. The number of nitrogens with zero attached hydrogens (tertiary/aromatic N) is 4. The zero-order chi connectivity index (χ0) is 17.3. The second-order valence-corrected chi connectivity index (χ2v) is 5.64. The highest BCUT2D eigenvalue weighted by Gasteiger charge is 2.23. The van der Waals surface area contributed by atoms with E-state index in [1.54, 1.807) is 21.7 Å². The van der Waals surface area contributed by atoms with Crippen molar-refractivity contribution in [1.29, 1.82) is 0 Å². The van der Waals surface area contributed by atoms with Gasteiger partial charge in [0.05, 0.1) is 0 Å². The Morgan fingerprint density at radius 2 is 2.04 bits per heavy atom. The largest absolute Gasteiger partial charge is 0.415 e. The van der Waals surface area contributed by atoms with E-state index in [-0.39, 0.29) is 23.4 Å². The SMILES string of the molecule is CC(=O)N1CCC(n2ccc(-c3nnc(C(F)F)o3)cc2=O)CC1. The molecule has 0 unspecified atom stereocenters. The summed E-state index contributed by atoms with van der Waals surface area (Å²) < 4.78 is 31.4. The number of halogens is 2. The van der Waals surface area contributed by atoms with Crippen LogP contribution in [0.2, 0.25) is 0 Å². The fraction of sp³-hybridized carbons (Fsp3) is 0.467. The Morgan fingerprint density at radius 1 is 1.33 bits per heavy atom. The molecule has 9 heteroatoms. The topological polar surface area (TPSA) is 81.2 Å². The van der Waals surface area contributed by atoms with Crippen LogP contribution in [-0.4, -0.2) is 38.7 Å². The van der Waals surface area contributed by atoms with Gasteiger partial charge in [-0.25, -0.2) is 0 Å². The fourth-order valence-electron chi connectivity index (χ4n) is 2.82. The van der Waals surface area contributed by atoms with E-state index in [4.69, 9.17) is 4.42 Å². The monoisotopic (exact) mass is 338 g/mol. The summed E-state index contributed by atoms with van der Waals surface area (Å²) in [6.07, 6.45) is 0.125. The van der Waals surface area contributed by atoms with Crippen LogP contribution in [0, 0.1) is 0 Å². The van der Waals surface area contributed by atoms with Crippen molar-refractivity contribution in [3.05, 3.63) is 34.6 Å². The Morgan fingerprint density at radius 3 is 2.58 bits per heavy atom. The van der Waals surface area contributed by atoms with E-state index in [9.17, 15) is 18.4 Å². The Labute approximate surface area is 135 Å². The predicted molar refractivity (Wildman–Crippen MR) is 79.5 cm³/mol. The lowest BCUT2D eigenvalue weighted by Gasteiger charge is -2.32. The highest BCUT2D eigenvalue weighted by Crippen LogP contribution is 2.24. The maximum Gasteiger partial charge on any atom is 0.314 e. The number of likely N-dealkylation sites (tertiary alicyclic amines) is 1. The first-order chi connectivity index (χ1) is 11.5. The molecule has 1 aliphatic rings. The summed E-state index contributed by atoms with van der Waals surface area (Å²) in [5, 5.41) is 6.78. The number of alkyl halides is 2. The predicted octanol–water partition coefficient (Wildman–Crippen LogP) is 2.02. The van der Waals surface area contributed by atoms with Crippen molar-refractivity contribution in [2.75, 3.05) is 13.1 Å². The molecule has 128 valence electrons. The normalized spacial score (nSPS) is 15.9. The number of aromatic nitrogens is 3. The van der Waals surface area contributed by atoms with Gasteiger partial charge in [0.15, 0.2) is 0 Å². The maximum absolute atomic E-state index is 12.5. The number of hydrogen-bond acceptors (Lipinski definition) is 5. The summed E-state index contributed by atoms with van der Waals surface area (Å²) >= 11 is 0. The van der Waals surface area contributed by atoms with E-state index in [0.717, 1.165) is 0 Å². The van der Waals surface area contributed by atoms with Crippen LogP contribution >= 0.6 is 0 Å². The van der Waals surface area contributed by atoms with Gasteiger partial charge >= 0.3 is 6.43 Å². The van der Waals surface area contributed by atoms with Crippen molar-refractivity contribution in [2.24, 2.45) is 0 Å². The smallest absolute Gasteiger partial charge is 0.314 e. The first-order valence-corrected chi connectivity index (χ1v) is 7.55. The molecule has 0 saturated carbocycles. The minimum atomic E-state index is -2.85. The third kappa shape index (κ3) is 3.19. The highest BCUT2D eigenvalue weighted by molar-refractivity contribution is 5.73. The van der Waals surface area contributed by atoms with E-state index in [1.807, 2.05) is 0 Å². The number of hydrogen-bond donors (Lipinski definition) is 0. The maximum atomic E-state index is 12.5. The van der Waals surface area contributed by atoms with Gasteiger partial charge in [-0.1, -0.05) is 0 Å². The lowest BCUT2D eigenvalue weighted by atomic mass is 10.0. The van der Waals surface area contributed by atoms with Gasteiger partial charge in [0.2, 0.25) is 11.8 Å². The molecule has 0 atom stereocenters. The number of carbonyl (C=O) groups excluding carboxylic acids is 1. The molecule has 1 aliphatic heterocycles. The molecule has 0 aliphatic carbocycles. The van der Waals surface area contributed by atoms with Crippen LogP contribution in [0.4, 0.5) is 8.78 Å². The Bertz CT molecular complexity index is 794. The number of piperidine rings is 1. The van der Waals surface area contributed by atoms with Gasteiger partial charge in [-0.15, -0.1) is 10.2 Å². The van der Waals surface area contributed by atoms with Gasteiger partial charge in [-0.05, 0) is 18.9 Å². The van der Waals surface area contributed by atoms with Gasteiger partial charge < -0.3 is 13.9 Å². The molecule has 1 saturated heterocycles. The average Bonchev–Trinajstić information content (AvgIpc) is 3.05. The van der Waals surface area contributed by atoms with E-state index < -0.39 is 12.3 Å². The van der Waals surface area contributed by atoms with E-state index in [1.165, 1.54) is 13.0 Å². The Hall–Kier alpha value is -2.58. The van der Waals surface area contributed by atoms with Crippen LogP contribution in [-0.2, 0) is 4.79 Å². The summed E-state index contributed by atoms with van der Waals surface area (Å²) in [7, 11) is 0. The number of rotatable bonds is 3. The van der Waals surface area contributed by atoms with Crippen LogP contribution < -0.4 is 5.56 Å². The molecule has 1 fully saturated rings. The van der Waals surface area contributed by atoms with Crippen LogP contribution in [0.15, 0.2) is 27.5 Å². The van der Waals surface area contributed by atoms with Crippen LogP contribution in [0.25, 0.3) is 11.5 Å². The molecule has 2 aromatic rings.